The van der Waals surface area contributed by atoms with Crippen LogP contribution in [0.2, 0.25) is 0 Å². The summed E-state index contributed by atoms with van der Waals surface area (Å²) in [5, 5.41) is 11.2. The number of nitrogens with zero attached hydrogens (tertiary/aromatic N) is 1. The zero-order valence-electron chi connectivity index (χ0n) is 13.8. The Bertz CT molecular complexity index is 800. The molecule has 2 aromatic rings. The average molecular weight is 343 g/mol. The molecule has 0 amide bonds. The average Bonchev–Trinajstić information content (AvgIpc) is 2.64. The van der Waals surface area contributed by atoms with Gasteiger partial charge in [-0.2, -0.15) is 0 Å². The molecule has 7 heteroatoms. The van der Waals surface area contributed by atoms with E-state index in [1.54, 1.807) is 36.4 Å². The molecular weight excluding hydrogens is 326 g/mol. The van der Waals surface area contributed by atoms with Gasteiger partial charge in [-0.3, -0.25) is 10.1 Å². The maximum Gasteiger partial charge on any atom is 0.330 e. The molecule has 0 saturated heterocycles. The number of methoxy groups -OCH3 is 2. The second-order valence-corrected chi connectivity index (χ2v) is 4.93. The van der Waals surface area contributed by atoms with Crippen LogP contribution in [0.25, 0.3) is 6.08 Å². The lowest BCUT2D eigenvalue weighted by molar-refractivity contribution is -0.385. The van der Waals surface area contributed by atoms with Crippen LogP contribution >= 0.6 is 0 Å². The van der Waals surface area contributed by atoms with Crippen molar-refractivity contribution in [2.75, 3.05) is 14.2 Å². The summed E-state index contributed by atoms with van der Waals surface area (Å²) < 4.78 is 15.4. The molecule has 130 valence electrons. The zero-order chi connectivity index (χ0) is 18.2. The minimum Gasteiger partial charge on any atom is -0.497 e. The van der Waals surface area contributed by atoms with Crippen LogP contribution in [0.5, 0.6) is 11.5 Å². The lowest BCUT2D eigenvalue weighted by Crippen LogP contribution is -2.02. The van der Waals surface area contributed by atoms with Gasteiger partial charge in [-0.25, -0.2) is 4.79 Å². The Morgan fingerprint density at radius 3 is 2.64 bits per heavy atom. The molecule has 0 aliphatic heterocycles. The van der Waals surface area contributed by atoms with Crippen LogP contribution in [0.3, 0.4) is 0 Å². The first-order valence-electron chi connectivity index (χ1n) is 7.34. The highest BCUT2D eigenvalue weighted by Crippen LogP contribution is 2.27. The summed E-state index contributed by atoms with van der Waals surface area (Å²) in [4.78, 5) is 21.9. The predicted octanol–water partition coefficient (Wildman–Crippen LogP) is 3.37. The quantitative estimate of drug-likeness (QED) is 0.331. The van der Waals surface area contributed by atoms with Crippen LogP contribution in [-0.2, 0) is 16.1 Å². The van der Waals surface area contributed by atoms with E-state index in [4.69, 9.17) is 9.47 Å². The summed E-state index contributed by atoms with van der Waals surface area (Å²) in [5.41, 5.74) is 0.984. The molecule has 0 aliphatic rings. The van der Waals surface area contributed by atoms with Gasteiger partial charge in [0, 0.05) is 17.7 Å². The van der Waals surface area contributed by atoms with E-state index in [9.17, 15) is 14.9 Å². The Morgan fingerprint density at radius 1 is 1.20 bits per heavy atom. The number of para-hydroxylation sites is 1. The predicted molar refractivity (Wildman–Crippen MR) is 91.5 cm³/mol. The number of benzene rings is 2. The molecule has 0 unspecified atom stereocenters. The highest BCUT2D eigenvalue weighted by molar-refractivity contribution is 5.87. The number of hydrogen-bond acceptors (Lipinski definition) is 6. The number of rotatable bonds is 7. The summed E-state index contributed by atoms with van der Waals surface area (Å²) in [6, 6.07) is 11.5. The van der Waals surface area contributed by atoms with Crippen LogP contribution in [0.1, 0.15) is 11.1 Å². The van der Waals surface area contributed by atoms with Crippen molar-refractivity contribution in [3.05, 3.63) is 69.8 Å². The first kappa shape index (κ1) is 18.0. The highest BCUT2D eigenvalue weighted by atomic mass is 16.6. The summed E-state index contributed by atoms with van der Waals surface area (Å²) in [6.07, 6.45) is 2.83. The van der Waals surface area contributed by atoms with Gasteiger partial charge in [-0.05, 0) is 24.3 Å². The molecule has 0 bridgehead atoms. The van der Waals surface area contributed by atoms with Crippen LogP contribution in [0.15, 0.2) is 48.5 Å². The van der Waals surface area contributed by atoms with Gasteiger partial charge in [0.15, 0.2) is 0 Å². The lowest BCUT2D eigenvalue weighted by Gasteiger charge is -2.10. The Kier molecular flexibility index (Phi) is 6.11. The van der Waals surface area contributed by atoms with Gasteiger partial charge in [0.2, 0.25) is 0 Å². The summed E-state index contributed by atoms with van der Waals surface area (Å²) in [5.74, 6) is 0.501. The van der Waals surface area contributed by atoms with E-state index in [0.29, 0.717) is 22.6 Å². The Labute approximate surface area is 144 Å². The van der Waals surface area contributed by atoms with E-state index in [1.807, 2.05) is 0 Å². The summed E-state index contributed by atoms with van der Waals surface area (Å²) >= 11 is 0. The number of carbonyl (C=O) groups excluding carboxylic acids is 1. The first-order chi connectivity index (χ1) is 12.0. The summed E-state index contributed by atoms with van der Waals surface area (Å²) in [6.45, 7) is -0.0173. The van der Waals surface area contributed by atoms with Crippen LogP contribution in [0, 0.1) is 10.1 Å². The molecule has 0 fully saturated rings. The van der Waals surface area contributed by atoms with Crippen molar-refractivity contribution in [1.29, 1.82) is 0 Å². The molecule has 0 radical (unpaired) electrons. The summed E-state index contributed by atoms with van der Waals surface area (Å²) in [7, 11) is 2.77. The molecular formula is C18H17NO6. The molecule has 0 N–H and O–H groups in total. The van der Waals surface area contributed by atoms with Gasteiger partial charge >= 0.3 is 5.97 Å². The Morgan fingerprint density at radius 2 is 1.96 bits per heavy atom. The van der Waals surface area contributed by atoms with Crippen molar-refractivity contribution < 1.29 is 23.9 Å². The molecule has 0 saturated carbocycles. The van der Waals surface area contributed by atoms with Gasteiger partial charge in [-0.15, -0.1) is 0 Å². The molecule has 2 aromatic carbocycles. The monoisotopic (exact) mass is 343 g/mol. The van der Waals surface area contributed by atoms with Crippen molar-refractivity contribution in [1.82, 2.24) is 0 Å². The molecule has 2 rings (SSSR count). The van der Waals surface area contributed by atoms with Crippen LogP contribution in [-0.4, -0.2) is 25.1 Å². The van der Waals surface area contributed by atoms with Gasteiger partial charge in [0.1, 0.15) is 18.1 Å². The van der Waals surface area contributed by atoms with Crippen molar-refractivity contribution >= 4 is 17.7 Å². The first-order valence-corrected chi connectivity index (χ1v) is 7.34. The molecule has 7 nitrogen and oxygen atoms in total. The fraction of sp³-hybridized carbons (Fsp3) is 0.167. The van der Waals surface area contributed by atoms with Gasteiger partial charge in [0.05, 0.1) is 24.7 Å². The SMILES string of the molecule is COC(=O)C=Cc1ccccc1OCc1cc(OC)ccc1[N+](=O)[O-]. The molecule has 0 aromatic heterocycles. The van der Waals surface area contributed by atoms with Crippen molar-refractivity contribution in [3.8, 4) is 11.5 Å². The fourth-order valence-electron chi connectivity index (χ4n) is 2.11. The number of nitro benzene ring substituents is 1. The largest absolute Gasteiger partial charge is 0.497 e. The van der Waals surface area contributed by atoms with Crippen molar-refractivity contribution in [2.45, 2.75) is 6.61 Å². The fourth-order valence-corrected chi connectivity index (χ4v) is 2.11. The van der Waals surface area contributed by atoms with E-state index in [0.717, 1.165) is 0 Å². The topological polar surface area (TPSA) is 87.9 Å². The number of carbonyl (C=O) groups is 1. The van der Waals surface area contributed by atoms with E-state index in [1.165, 1.54) is 32.4 Å². The third-order valence-corrected chi connectivity index (χ3v) is 3.39. The molecule has 25 heavy (non-hydrogen) atoms. The third kappa shape index (κ3) is 4.81. The number of ether oxygens (including phenoxy) is 3. The number of esters is 1. The maximum atomic E-state index is 11.2. The standard InChI is InChI=1S/C18H17NO6/c1-23-15-8-9-16(19(21)22)14(11-15)12-25-17-6-4-3-5-13(17)7-10-18(20)24-2/h3-11H,12H2,1-2H3. The second-order valence-electron chi connectivity index (χ2n) is 4.93. The minimum atomic E-state index is -0.488. The highest BCUT2D eigenvalue weighted by Gasteiger charge is 2.15. The maximum absolute atomic E-state index is 11.2. The normalized spacial score (nSPS) is 10.5. The number of hydrogen-bond donors (Lipinski definition) is 0. The Hall–Kier alpha value is -3.35. The number of nitro groups is 1. The molecule has 0 spiro atoms. The van der Waals surface area contributed by atoms with Gasteiger partial charge in [0.25, 0.3) is 5.69 Å². The van der Waals surface area contributed by atoms with Crippen molar-refractivity contribution in [2.24, 2.45) is 0 Å². The van der Waals surface area contributed by atoms with Gasteiger partial charge < -0.3 is 14.2 Å². The van der Waals surface area contributed by atoms with Crippen LogP contribution in [0.4, 0.5) is 5.69 Å². The molecule has 0 atom stereocenters. The molecule has 0 aliphatic carbocycles. The van der Waals surface area contributed by atoms with Gasteiger partial charge in [-0.1, -0.05) is 18.2 Å². The van der Waals surface area contributed by atoms with E-state index >= 15 is 0 Å². The molecule has 0 heterocycles. The van der Waals surface area contributed by atoms with Crippen LogP contribution < -0.4 is 9.47 Å². The minimum absolute atomic E-state index is 0.0173. The second kappa shape index (κ2) is 8.49. The lowest BCUT2D eigenvalue weighted by atomic mass is 10.1. The van der Waals surface area contributed by atoms with E-state index < -0.39 is 10.9 Å². The Balaban J connectivity index is 2.23. The zero-order valence-corrected chi connectivity index (χ0v) is 13.8. The smallest absolute Gasteiger partial charge is 0.330 e. The third-order valence-electron chi connectivity index (χ3n) is 3.39. The van der Waals surface area contributed by atoms with E-state index in [2.05, 4.69) is 4.74 Å². The van der Waals surface area contributed by atoms with Crippen molar-refractivity contribution in [3.63, 3.8) is 0 Å². The van der Waals surface area contributed by atoms with E-state index in [-0.39, 0.29) is 12.3 Å².